The van der Waals surface area contributed by atoms with Crippen LogP contribution < -0.4 is 4.74 Å². The van der Waals surface area contributed by atoms with E-state index in [2.05, 4.69) is 15.0 Å². The van der Waals surface area contributed by atoms with Gasteiger partial charge in [-0.3, -0.25) is 0 Å². The van der Waals surface area contributed by atoms with E-state index in [1.54, 1.807) is 0 Å². The predicted octanol–water partition coefficient (Wildman–Crippen LogP) is 2.86. The van der Waals surface area contributed by atoms with Crippen molar-refractivity contribution in [3.05, 3.63) is 11.3 Å². The van der Waals surface area contributed by atoms with Crippen LogP contribution in [0.25, 0.3) is 0 Å². The average Bonchev–Trinajstić information content (AvgIpc) is 3.10. The van der Waals surface area contributed by atoms with Crippen LogP contribution >= 0.6 is 0 Å². The number of aryl methyl sites for hydroxylation is 1. The van der Waals surface area contributed by atoms with Crippen LogP contribution in [0.4, 0.5) is 22.0 Å². The van der Waals surface area contributed by atoms with Gasteiger partial charge in [-0.15, -0.1) is 0 Å². The predicted molar refractivity (Wildman–Crippen MR) is 81.7 cm³/mol. The Morgan fingerprint density at radius 2 is 1.96 bits per heavy atom. The van der Waals surface area contributed by atoms with Crippen molar-refractivity contribution >= 4 is 14.9 Å². The van der Waals surface area contributed by atoms with Crippen molar-refractivity contribution in [3.63, 3.8) is 0 Å². The van der Waals surface area contributed by atoms with Gasteiger partial charge in [0.1, 0.15) is 6.10 Å². The Morgan fingerprint density at radius 3 is 2.59 bits per heavy atom. The largest absolute Gasteiger partial charge is 0.435 e. The fourth-order valence-corrected chi connectivity index (χ4v) is 5.06. The number of hydrogen-bond acceptors (Lipinski definition) is 6. The van der Waals surface area contributed by atoms with Crippen molar-refractivity contribution in [2.45, 2.75) is 50.3 Å². The first-order chi connectivity index (χ1) is 12.5. The Bertz CT molecular complexity index is 850. The lowest BCUT2D eigenvalue weighted by molar-refractivity contribution is -0.142. The van der Waals surface area contributed by atoms with Gasteiger partial charge in [0.25, 0.3) is 0 Å². The zero-order valence-electron chi connectivity index (χ0n) is 14.0. The van der Waals surface area contributed by atoms with E-state index in [4.69, 9.17) is 4.84 Å². The minimum Gasteiger partial charge on any atom is -0.417 e. The molecule has 0 radical (unpaired) electrons. The minimum atomic E-state index is -5.05. The quantitative estimate of drug-likeness (QED) is 0.704. The Labute approximate surface area is 151 Å². The first kappa shape index (κ1) is 19.8. The number of oxime groups is 1. The van der Waals surface area contributed by atoms with Crippen molar-refractivity contribution in [2.75, 3.05) is 0 Å². The second-order valence-electron chi connectivity index (χ2n) is 6.36. The SMILES string of the molecule is Cn1nc(C(F)(F)F)c(CS(=O)(=O)C2=NOC3CCCCC23)c1OC(F)F. The van der Waals surface area contributed by atoms with Gasteiger partial charge in [-0.05, 0) is 19.3 Å². The maximum atomic E-state index is 13.2. The molecule has 2 unspecified atom stereocenters. The summed E-state index contributed by atoms with van der Waals surface area (Å²) in [7, 11) is -3.41. The second kappa shape index (κ2) is 6.91. The Kier molecular flexibility index (Phi) is 5.08. The molecule has 13 heteroatoms. The van der Waals surface area contributed by atoms with Gasteiger partial charge in [0.2, 0.25) is 5.88 Å². The maximum Gasteiger partial charge on any atom is 0.435 e. The molecule has 1 aliphatic heterocycles. The molecular formula is C14H16F5N3O4S. The van der Waals surface area contributed by atoms with Gasteiger partial charge in [-0.2, -0.15) is 27.1 Å². The van der Waals surface area contributed by atoms with Crippen molar-refractivity contribution in [3.8, 4) is 5.88 Å². The third kappa shape index (κ3) is 3.87. The zero-order chi connectivity index (χ0) is 20.0. The summed E-state index contributed by atoms with van der Waals surface area (Å²) < 4.78 is 94.9. The molecule has 152 valence electrons. The maximum absolute atomic E-state index is 13.2. The molecule has 0 saturated heterocycles. The van der Waals surface area contributed by atoms with Gasteiger partial charge in [0, 0.05) is 7.05 Å². The number of ether oxygens (including phenoxy) is 1. The molecule has 1 aliphatic carbocycles. The van der Waals surface area contributed by atoms with E-state index in [1.165, 1.54) is 0 Å². The van der Waals surface area contributed by atoms with E-state index in [9.17, 15) is 30.4 Å². The Morgan fingerprint density at radius 1 is 1.30 bits per heavy atom. The van der Waals surface area contributed by atoms with Crippen LogP contribution in [0.3, 0.4) is 0 Å². The van der Waals surface area contributed by atoms with Crippen molar-refractivity contribution < 1.29 is 39.9 Å². The third-order valence-corrected chi connectivity index (χ3v) is 6.19. The molecule has 1 saturated carbocycles. The Balaban J connectivity index is 1.98. The standard InChI is InChI=1S/C14H16F5N3O4S/c1-22-12(25-13(15)16)8(10(20-22)14(17,18)19)6-27(23,24)11-7-4-2-3-5-9(7)26-21-11/h7,9,13H,2-6H2,1H3. The van der Waals surface area contributed by atoms with Crippen LogP contribution in [-0.4, -0.2) is 36.0 Å². The van der Waals surface area contributed by atoms with E-state index in [0.29, 0.717) is 17.5 Å². The van der Waals surface area contributed by atoms with E-state index in [1.807, 2.05) is 0 Å². The highest BCUT2D eigenvalue weighted by molar-refractivity contribution is 8.05. The number of alkyl halides is 5. The molecule has 7 nitrogen and oxygen atoms in total. The summed E-state index contributed by atoms with van der Waals surface area (Å²) in [5, 5.41) is 6.34. The number of fused-ring (bicyclic) bond motifs is 1. The summed E-state index contributed by atoms with van der Waals surface area (Å²) in [6.07, 6.45) is -2.85. The van der Waals surface area contributed by atoms with Crippen molar-refractivity contribution in [1.82, 2.24) is 9.78 Å². The molecule has 2 heterocycles. The minimum absolute atomic E-state index is 0.354. The van der Waals surface area contributed by atoms with Crippen LogP contribution in [0.15, 0.2) is 5.16 Å². The molecule has 3 rings (SSSR count). The fraction of sp³-hybridized carbons (Fsp3) is 0.714. The summed E-state index contributed by atoms with van der Waals surface area (Å²) >= 11 is 0. The molecule has 1 aromatic rings. The number of hydrogen-bond donors (Lipinski definition) is 0. The highest BCUT2D eigenvalue weighted by Crippen LogP contribution is 2.39. The summed E-state index contributed by atoms with van der Waals surface area (Å²) in [5.41, 5.74) is -2.57. The highest BCUT2D eigenvalue weighted by atomic mass is 32.2. The molecule has 0 aromatic carbocycles. The number of halogens is 5. The molecule has 2 aliphatic rings. The second-order valence-corrected chi connectivity index (χ2v) is 8.29. The molecule has 27 heavy (non-hydrogen) atoms. The Hall–Kier alpha value is -1.92. The van der Waals surface area contributed by atoms with Gasteiger partial charge in [0.05, 0.1) is 17.2 Å². The molecule has 1 aromatic heterocycles. The molecule has 1 fully saturated rings. The van der Waals surface area contributed by atoms with Crippen molar-refractivity contribution in [2.24, 2.45) is 18.1 Å². The normalized spacial score (nSPS) is 23.1. The van der Waals surface area contributed by atoms with Gasteiger partial charge in [-0.25, -0.2) is 13.1 Å². The van der Waals surface area contributed by atoms with Gasteiger partial charge < -0.3 is 9.57 Å². The summed E-state index contributed by atoms with van der Waals surface area (Å²) in [5.74, 6) is -2.72. The van der Waals surface area contributed by atoms with Crippen LogP contribution in [0, 0.1) is 5.92 Å². The fourth-order valence-electron chi connectivity index (χ4n) is 3.39. The smallest absolute Gasteiger partial charge is 0.417 e. The summed E-state index contributed by atoms with van der Waals surface area (Å²) in [6, 6.07) is 0. The van der Waals surface area contributed by atoms with E-state index >= 15 is 0 Å². The first-order valence-corrected chi connectivity index (χ1v) is 9.70. The molecule has 0 bridgehead atoms. The van der Waals surface area contributed by atoms with Gasteiger partial charge in [0.15, 0.2) is 20.6 Å². The van der Waals surface area contributed by atoms with Gasteiger partial charge >= 0.3 is 12.8 Å². The lowest BCUT2D eigenvalue weighted by Gasteiger charge is -2.23. The molecule has 0 spiro atoms. The van der Waals surface area contributed by atoms with Crippen LogP contribution in [0.1, 0.15) is 36.9 Å². The van der Waals surface area contributed by atoms with E-state index < -0.39 is 57.5 Å². The molecule has 2 atom stereocenters. The number of nitrogens with zero attached hydrogens (tertiary/aromatic N) is 3. The lowest BCUT2D eigenvalue weighted by Crippen LogP contribution is -2.32. The van der Waals surface area contributed by atoms with E-state index in [-0.39, 0.29) is 5.04 Å². The van der Waals surface area contributed by atoms with Crippen molar-refractivity contribution in [1.29, 1.82) is 0 Å². The van der Waals surface area contributed by atoms with Gasteiger partial charge in [-0.1, -0.05) is 11.6 Å². The zero-order valence-corrected chi connectivity index (χ0v) is 14.9. The molecule has 0 amide bonds. The summed E-state index contributed by atoms with van der Waals surface area (Å²) in [4.78, 5) is 5.11. The third-order valence-electron chi connectivity index (χ3n) is 4.51. The van der Waals surface area contributed by atoms with Crippen LogP contribution in [0.2, 0.25) is 0 Å². The lowest BCUT2D eigenvalue weighted by atomic mass is 9.88. The average molecular weight is 417 g/mol. The van der Waals surface area contributed by atoms with E-state index in [0.717, 1.165) is 19.9 Å². The highest BCUT2D eigenvalue weighted by Gasteiger charge is 2.46. The number of rotatable bonds is 4. The molecular weight excluding hydrogens is 401 g/mol. The summed E-state index contributed by atoms with van der Waals surface area (Å²) in [6.45, 7) is -3.45. The van der Waals surface area contributed by atoms with Crippen LogP contribution in [-0.2, 0) is 33.7 Å². The molecule has 0 N–H and O–H groups in total. The topological polar surface area (TPSA) is 82.8 Å². The number of sulfone groups is 1. The number of aromatic nitrogens is 2. The first-order valence-electron chi connectivity index (χ1n) is 8.05. The monoisotopic (exact) mass is 417 g/mol. The van der Waals surface area contributed by atoms with Crippen LogP contribution in [0.5, 0.6) is 5.88 Å².